The minimum absolute atomic E-state index is 0.0102. The summed E-state index contributed by atoms with van der Waals surface area (Å²) in [7, 11) is 0. The van der Waals surface area contributed by atoms with Crippen LogP contribution in [0.5, 0.6) is 5.75 Å². The molecule has 0 aliphatic carbocycles. The van der Waals surface area contributed by atoms with Crippen LogP contribution in [0.3, 0.4) is 0 Å². The Labute approximate surface area is 147 Å². The molecule has 0 fully saturated rings. The lowest BCUT2D eigenvalue weighted by Gasteiger charge is -2.08. The molecular weight excluding hydrogens is 374 g/mol. The number of carbonyl (C=O) groups is 2. The van der Waals surface area contributed by atoms with Crippen molar-refractivity contribution >= 4 is 39.6 Å². The van der Waals surface area contributed by atoms with Crippen molar-refractivity contribution in [3.8, 4) is 5.75 Å². The Morgan fingerprint density at radius 1 is 1.12 bits per heavy atom. The molecule has 2 aromatic rings. The van der Waals surface area contributed by atoms with E-state index in [1.165, 1.54) is 12.3 Å². The van der Waals surface area contributed by atoms with Crippen LogP contribution >= 0.6 is 15.9 Å². The highest BCUT2D eigenvalue weighted by atomic mass is 79.9. The molecule has 0 bridgehead atoms. The maximum absolute atomic E-state index is 11.9. The summed E-state index contributed by atoms with van der Waals surface area (Å²) >= 11 is 3.27. The number of halogens is 1. The summed E-state index contributed by atoms with van der Waals surface area (Å²) in [4.78, 5) is 23.7. The zero-order chi connectivity index (χ0) is 17.7. The van der Waals surface area contributed by atoms with Crippen molar-refractivity contribution in [1.82, 2.24) is 5.43 Å². The van der Waals surface area contributed by atoms with Crippen LogP contribution in [0, 0.1) is 13.8 Å². The highest BCUT2D eigenvalue weighted by Gasteiger charge is 2.14. The van der Waals surface area contributed by atoms with Gasteiger partial charge < -0.3 is 10.4 Å². The number of phenols is 1. The molecule has 2 amide bonds. The number of benzene rings is 2. The van der Waals surface area contributed by atoms with Gasteiger partial charge in [0.25, 0.3) is 0 Å². The van der Waals surface area contributed by atoms with Crippen molar-refractivity contribution in [3.63, 3.8) is 0 Å². The van der Waals surface area contributed by atoms with Crippen molar-refractivity contribution in [2.45, 2.75) is 13.8 Å². The van der Waals surface area contributed by atoms with E-state index in [1.54, 1.807) is 18.2 Å². The monoisotopic (exact) mass is 389 g/mol. The largest absolute Gasteiger partial charge is 0.507 e. The first-order valence-electron chi connectivity index (χ1n) is 7.07. The fourth-order valence-corrected chi connectivity index (χ4v) is 2.27. The summed E-state index contributed by atoms with van der Waals surface area (Å²) in [5.41, 5.74) is 4.92. The Bertz CT molecular complexity index is 819. The average molecular weight is 390 g/mol. The number of phenolic OH excluding ortho intramolecular Hbond substituents is 1. The van der Waals surface area contributed by atoms with E-state index in [2.05, 4.69) is 31.8 Å². The second-order valence-corrected chi connectivity index (χ2v) is 6.09. The van der Waals surface area contributed by atoms with Crippen LogP contribution < -0.4 is 10.7 Å². The molecule has 0 atom stereocenters. The number of hydrazone groups is 1. The van der Waals surface area contributed by atoms with Crippen LogP contribution in [-0.2, 0) is 9.59 Å². The van der Waals surface area contributed by atoms with Gasteiger partial charge in [-0.3, -0.25) is 9.59 Å². The van der Waals surface area contributed by atoms with E-state index in [9.17, 15) is 14.7 Å². The van der Waals surface area contributed by atoms with Crippen molar-refractivity contribution in [2.24, 2.45) is 5.10 Å². The predicted molar refractivity (Wildman–Crippen MR) is 96.1 cm³/mol. The Morgan fingerprint density at radius 2 is 1.88 bits per heavy atom. The van der Waals surface area contributed by atoms with Gasteiger partial charge in [-0.2, -0.15) is 5.10 Å². The van der Waals surface area contributed by atoms with E-state index in [0.29, 0.717) is 11.3 Å². The van der Waals surface area contributed by atoms with Crippen LogP contribution in [0.15, 0.2) is 46.0 Å². The molecular formula is C17H16BrN3O3. The highest BCUT2D eigenvalue weighted by molar-refractivity contribution is 9.10. The molecule has 2 aromatic carbocycles. The van der Waals surface area contributed by atoms with Gasteiger partial charge in [0, 0.05) is 15.7 Å². The quantitative estimate of drug-likeness (QED) is 0.428. The number of anilines is 1. The van der Waals surface area contributed by atoms with Gasteiger partial charge in [0.15, 0.2) is 0 Å². The van der Waals surface area contributed by atoms with Crippen LogP contribution in [0.2, 0.25) is 0 Å². The number of nitrogens with zero attached hydrogens (tertiary/aromatic N) is 1. The van der Waals surface area contributed by atoms with Gasteiger partial charge in [0.05, 0.1) is 6.21 Å². The molecule has 0 unspecified atom stereocenters. The van der Waals surface area contributed by atoms with E-state index in [-0.39, 0.29) is 5.75 Å². The van der Waals surface area contributed by atoms with Gasteiger partial charge in [-0.05, 0) is 49.2 Å². The summed E-state index contributed by atoms with van der Waals surface area (Å²) in [6.45, 7) is 3.73. The number of aryl methyl sites for hydroxylation is 2. The number of carbonyl (C=O) groups excluding carboxylic acids is 2. The number of hydrogen-bond acceptors (Lipinski definition) is 4. The normalized spacial score (nSPS) is 10.6. The lowest BCUT2D eigenvalue weighted by Crippen LogP contribution is -2.32. The topological polar surface area (TPSA) is 90.8 Å². The molecule has 0 saturated carbocycles. The molecule has 0 aliphatic rings. The Balaban J connectivity index is 1.99. The molecule has 3 N–H and O–H groups in total. The Hall–Kier alpha value is -2.67. The summed E-state index contributed by atoms with van der Waals surface area (Å²) in [6.07, 6.45) is 1.25. The molecule has 124 valence electrons. The highest BCUT2D eigenvalue weighted by Crippen LogP contribution is 2.20. The molecule has 0 radical (unpaired) electrons. The molecule has 2 rings (SSSR count). The molecule has 0 saturated heterocycles. The van der Waals surface area contributed by atoms with Gasteiger partial charge in [-0.15, -0.1) is 0 Å². The first kappa shape index (κ1) is 17.7. The van der Waals surface area contributed by atoms with Crippen molar-refractivity contribution < 1.29 is 14.7 Å². The first-order chi connectivity index (χ1) is 11.4. The fraction of sp³-hybridized carbons (Fsp3) is 0.118. The number of rotatable bonds is 3. The zero-order valence-electron chi connectivity index (χ0n) is 13.1. The fourth-order valence-electron chi connectivity index (χ4n) is 1.89. The summed E-state index contributed by atoms with van der Waals surface area (Å²) in [5, 5.41) is 15.9. The Morgan fingerprint density at radius 3 is 2.62 bits per heavy atom. The summed E-state index contributed by atoms with van der Waals surface area (Å²) < 4.78 is 0.751. The first-order valence-corrected chi connectivity index (χ1v) is 7.86. The third-order valence-electron chi connectivity index (χ3n) is 3.21. The van der Waals surface area contributed by atoms with Crippen LogP contribution in [0.4, 0.5) is 5.69 Å². The van der Waals surface area contributed by atoms with Gasteiger partial charge in [0.1, 0.15) is 5.75 Å². The Kier molecular flexibility index (Phi) is 5.70. The molecule has 0 aliphatic heterocycles. The second kappa shape index (κ2) is 7.74. The molecule has 24 heavy (non-hydrogen) atoms. The molecule has 0 aromatic heterocycles. The van der Waals surface area contributed by atoms with Crippen LogP contribution in [0.25, 0.3) is 0 Å². The maximum atomic E-state index is 11.9. The maximum Gasteiger partial charge on any atom is 0.329 e. The SMILES string of the molecule is Cc1ccc(C)c(NC(=O)C(=O)N/N=C\c2cc(Br)ccc2O)c1. The lowest BCUT2D eigenvalue weighted by molar-refractivity contribution is -0.136. The molecule has 7 heteroatoms. The van der Waals surface area contributed by atoms with Crippen molar-refractivity contribution in [2.75, 3.05) is 5.32 Å². The van der Waals surface area contributed by atoms with E-state index in [1.807, 2.05) is 26.0 Å². The van der Waals surface area contributed by atoms with Crippen LogP contribution in [-0.4, -0.2) is 23.1 Å². The second-order valence-electron chi connectivity index (χ2n) is 5.17. The number of hydrogen-bond donors (Lipinski definition) is 3. The minimum Gasteiger partial charge on any atom is -0.507 e. The smallest absolute Gasteiger partial charge is 0.329 e. The molecule has 0 heterocycles. The van der Waals surface area contributed by atoms with Crippen molar-refractivity contribution in [1.29, 1.82) is 0 Å². The third kappa shape index (κ3) is 4.66. The number of amides is 2. The van der Waals surface area contributed by atoms with Crippen molar-refractivity contribution in [3.05, 3.63) is 57.6 Å². The number of aromatic hydroxyl groups is 1. The van der Waals surface area contributed by atoms with Gasteiger partial charge in [-0.1, -0.05) is 28.1 Å². The minimum atomic E-state index is -0.901. The van der Waals surface area contributed by atoms with Gasteiger partial charge in [0.2, 0.25) is 0 Å². The predicted octanol–water partition coefficient (Wildman–Crippen LogP) is 2.86. The van der Waals surface area contributed by atoms with E-state index >= 15 is 0 Å². The van der Waals surface area contributed by atoms with Gasteiger partial charge >= 0.3 is 11.8 Å². The average Bonchev–Trinajstić information content (AvgIpc) is 2.54. The molecule has 6 nitrogen and oxygen atoms in total. The zero-order valence-corrected chi connectivity index (χ0v) is 14.7. The van der Waals surface area contributed by atoms with Crippen LogP contribution in [0.1, 0.15) is 16.7 Å². The third-order valence-corrected chi connectivity index (χ3v) is 3.70. The summed E-state index contributed by atoms with van der Waals surface area (Å²) in [6, 6.07) is 10.3. The summed E-state index contributed by atoms with van der Waals surface area (Å²) in [5.74, 6) is -1.71. The number of nitrogens with one attached hydrogen (secondary N) is 2. The van der Waals surface area contributed by atoms with E-state index in [4.69, 9.17) is 0 Å². The van der Waals surface area contributed by atoms with E-state index in [0.717, 1.165) is 15.6 Å². The lowest BCUT2D eigenvalue weighted by atomic mass is 10.1. The molecule has 0 spiro atoms. The standard InChI is InChI=1S/C17H16BrN3O3/c1-10-3-4-11(2)14(7-10)20-16(23)17(24)21-19-9-12-8-13(18)5-6-15(12)22/h3-9,22H,1-2H3,(H,20,23)(H,21,24)/b19-9-. The van der Waals surface area contributed by atoms with E-state index < -0.39 is 11.8 Å². The van der Waals surface area contributed by atoms with Gasteiger partial charge in [-0.25, -0.2) is 5.43 Å².